The number of piperidine rings is 2. The molecule has 2 aliphatic heterocycles. The molecule has 2 heterocycles. The zero-order valence-electron chi connectivity index (χ0n) is 12.5. The van der Waals surface area contributed by atoms with Crippen molar-refractivity contribution < 1.29 is 9.59 Å². The molecule has 2 N–H and O–H groups in total. The molecule has 0 saturated carbocycles. The molecule has 2 saturated heterocycles. The van der Waals surface area contributed by atoms with Gasteiger partial charge in [-0.3, -0.25) is 9.59 Å². The van der Waals surface area contributed by atoms with E-state index in [-0.39, 0.29) is 11.8 Å². The first kappa shape index (κ1) is 15.3. The van der Waals surface area contributed by atoms with Crippen molar-refractivity contribution in [2.24, 2.45) is 5.92 Å². The Balaban J connectivity index is 1.60. The maximum atomic E-state index is 11.9. The molecule has 0 aromatic rings. The summed E-state index contributed by atoms with van der Waals surface area (Å²) in [6, 6.07) is 0.316. The fourth-order valence-electron chi connectivity index (χ4n) is 3.15. The fraction of sp³-hybridized carbons (Fsp3) is 0.867. The predicted molar refractivity (Wildman–Crippen MR) is 78.2 cm³/mol. The minimum absolute atomic E-state index is 0.172. The summed E-state index contributed by atoms with van der Waals surface area (Å²) in [7, 11) is 0. The van der Waals surface area contributed by atoms with Gasteiger partial charge in [0.25, 0.3) is 0 Å². The summed E-state index contributed by atoms with van der Waals surface area (Å²) < 4.78 is 0. The van der Waals surface area contributed by atoms with E-state index in [0.717, 1.165) is 58.3 Å². The molecule has 0 aromatic heterocycles. The van der Waals surface area contributed by atoms with E-state index in [1.165, 1.54) is 0 Å². The third-order valence-electron chi connectivity index (χ3n) is 4.50. The molecule has 0 radical (unpaired) electrons. The second-order valence-electron chi connectivity index (χ2n) is 6.10. The first-order valence-corrected chi connectivity index (χ1v) is 7.90. The van der Waals surface area contributed by atoms with E-state index < -0.39 is 0 Å². The van der Waals surface area contributed by atoms with Crippen molar-refractivity contribution in [3.8, 4) is 0 Å². The number of amides is 2. The van der Waals surface area contributed by atoms with Gasteiger partial charge < -0.3 is 15.5 Å². The lowest BCUT2D eigenvalue weighted by molar-refractivity contribution is -0.130. The zero-order valence-corrected chi connectivity index (χ0v) is 12.5. The molecule has 2 fully saturated rings. The summed E-state index contributed by atoms with van der Waals surface area (Å²) in [6.45, 7) is 5.32. The lowest BCUT2D eigenvalue weighted by Gasteiger charge is -2.31. The zero-order chi connectivity index (χ0) is 14.4. The standard InChI is InChI=1S/C15H27N3O2/c1-12(19)18-9-6-13(7-10-18)4-5-15(20)17-14-3-2-8-16-11-14/h13-14,16H,2-11H2,1H3,(H,17,20)/t14-/m0/s1. The predicted octanol–water partition coefficient (Wildman–Crippen LogP) is 0.893. The molecule has 2 amide bonds. The summed E-state index contributed by atoms with van der Waals surface area (Å²) in [5.74, 6) is 0.958. The van der Waals surface area contributed by atoms with Crippen molar-refractivity contribution in [1.29, 1.82) is 0 Å². The van der Waals surface area contributed by atoms with Crippen LogP contribution in [0.4, 0.5) is 0 Å². The highest BCUT2D eigenvalue weighted by atomic mass is 16.2. The van der Waals surface area contributed by atoms with Crippen molar-refractivity contribution >= 4 is 11.8 Å². The van der Waals surface area contributed by atoms with Crippen molar-refractivity contribution in [3.63, 3.8) is 0 Å². The summed E-state index contributed by atoms with van der Waals surface area (Å²) >= 11 is 0. The van der Waals surface area contributed by atoms with Crippen molar-refractivity contribution in [2.45, 2.75) is 51.5 Å². The molecule has 0 unspecified atom stereocenters. The van der Waals surface area contributed by atoms with Crippen molar-refractivity contribution in [2.75, 3.05) is 26.2 Å². The quantitative estimate of drug-likeness (QED) is 0.804. The number of hydrogen-bond acceptors (Lipinski definition) is 3. The Hall–Kier alpha value is -1.10. The van der Waals surface area contributed by atoms with Crippen LogP contribution in [0.25, 0.3) is 0 Å². The van der Waals surface area contributed by atoms with Gasteiger partial charge in [-0.1, -0.05) is 0 Å². The Kier molecular flexibility index (Phi) is 5.83. The van der Waals surface area contributed by atoms with Gasteiger partial charge in [-0.05, 0) is 44.6 Å². The molecule has 2 aliphatic rings. The summed E-state index contributed by atoms with van der Waals surface area (Å²) in [6.07, 6.45) is 5.90. The minimum Gasteiger partial charge on any atom is -0.352 e. The number of nitrogens with one attached hydrogen (secondary N) is 2. The maximum Gasteiger partial charge on any atom is 0.220 e. The SMILES string of the molecule is CC(=O)N1CCC(CCC(=O)N[C@H]2CCCNC2)CC1. The molecule has 0 spiro atoms. The highest BCUT2D eigenvalue weighted by Gasteiger charge is 2.22. The first-order chi connectivity index (χ1) is 9.65. The molecule has 5 heteroatoms. The van der Waals surface area contributed by atoms with Gasteiger partial charge in [-0.25, -0.2) is 0 Å². The largest absolute Gasteiger partial charge is 0.352 e. The second kappa shape index (κ2) is 7.62. The summed E-state index contributed by atoms with van der Waals surface area (Å²) in [5.41, 5.74) is 0. The molecule has 0 aliphatic carbocycles. The summed E-state index contributed by atoms with van der Waals surface area (Å²) in [4.78, 5) is 25.1. The molecule has 5 nitrogen and oxygen atoms in total. The van der Waals surface area contributed by atoms with Gasteiger partial charge in [0.15, 0.2) is 0 Å². The molecule has 114 valence electrons. The Morgan fingerprint density at radius 1 is 1.25 bits per heavy atom. The monoisotopic (exact) mass is 281 g/mol. The Bertz CT molecular complexity index is 332. The van der Waals surface area contributed by atoms with Gasteiger partial charge in [0.1, 0.15) is 0 Å². The smallest absolute Gasteiger partial charge is 0.220 e. The van der Waals surface area contributed by atoms with Gasteiger partial charge in [0.2, 0.25) is 11.8 Å². The average Bonchev–Trinajstić information content (AvgIpc) is 2.46. The maximum absolute atomic E-state index is 11.9. The van der Waals surface area contributed by atoms with E-state index in [1.54, 1.807) is 6.92 Å². The summed E-state index contributed by atoms with van der Waals surface area (Å²) in [5, 5.41) is 6.43. The Morgan fingerprint density at radius 3 is 2.60 bits per heavy atom. The molecule has 2 rings (SSSR count). The van der Waals surface area contributed by atoms with E-state index in [4.69, 9.17) is 0 Å². The van der Waals surface area contributed by atoms with Gasteiger partial charge in [-0.2, -0.15) is 0 Å². The van der Waals surface area contributed by atoms with Crippen LogP contribution >= 0.6 is 0 Å². The van der Waals surface area contributed by atoms with Crippen LogP contribution < -0.4 is 10.6 Å². The minimum atomic E-state index is 0.172. The molecular weight excluding hydrogens is 254 g/mol. The van der Waals surface area contributed by atoms with Crippen LogP contribution in [0.2, 0.25) is 0 Å². The molecular formula is C15H27N3O2. The highest BCUT2D eigenvalue weighted by Crippen LogP contribution is 2.21. The van der Waals surface area contributed by atoms with E-state index in [0.29, 0.717) is 18.4 Å². The Morgan fingerprint density at radius 2 is 2.00 bits per heavy atom. The van der Waals surface area contributed by atoms with E-state index in [1.807, 2.05) is 4.90 Å². The van der Waals surface area contributed by atoms with Gasteiger partial charge >= 0.3 is 0 Å². The second-order valence-corrected chi connectivity index (χ2v) is 6.10. The van der Waals surface area contributed by atoms with E-state index in [2.05, 4.69) is 10.6 Å². The van der Waals surface area contributed by atoms with Crippen LogP contribution in [0.15, 0.2) is 0 Å². The van der Waals surface area contributed by atoms with Crippen molar-refractivity contribution in [1.82, 2.24) is 15.5 Å². The van der Waals surface area contributed by atoms with Gasteiger partial charge in [0.05, 0.1) is 0 Å². The van der Waals surface area contributed by atoms with E-state index in [9.17, 15) is 9.59 Å². The topological polar surface area (TPSA) is 61.4 Å². The number of rotatable bonds is 4. The lowest BCUT2D eigenvalue weighted by Crippen LogP contribution is -2.45. The Labute approximate surface area is 121 Å². The van der Waals surface area contributed by atoms with Gasteiger partial charge in [-0.15, -0.1) is 0 Å². The number of nitrogens with zero attached hydrogens (tertiary/aromatic N) is 1. The normalized spacial score (nSPS) is 24.4. The average molecular weight is 281 g/mol. The van der Waals surface area contributed by atoms with Crippen LogP contribution in [0.1, 0.15) is 45.4 Å². The number of hydrogen-bond donors (Lipinski definition) is 2. The fourth-order valence-corrected chi connectivity index (χ4v) is 3.15. The molecule has 0 aromatic carbocycles. The van der Waals surface area contributed by atoms with Crippen LogP contribution in [0.3, 0.4) is 0 Å². The number of carbonyl (C=O) groups is 2. The lowest BCUT2D eigenvalue weighted by atomic mass is 9.92. The number of carbonyl (C=O) groups excluding carboxylic acids is 2. The molecule has 20 heavy (non-hydrogen) atoms. The van der Waals surface area contributed by atoms with Crippen molar-refractivity contribution in [3.05, 3.63) is 0 Å². The third kappa shape index (κ3) is 4.78. The van der Waals surface area contributed by atoms with Crippen LogP contribution in [0.5, 0.6) is 0 Å². The van der Waals surface area contributed by atoms with E-state index >= 15 is 0 Å². The highest BCUT2D eigenvalue weighted by molar-refractivity contribution is 5.76. The van der Waals surface area contributed by atoms with Crippen LogP contribution in [-0.4, -0.2) is 48.9 Å². The third-order valence-corrected chi connectivity index (χ3v) is 4.50. The molecule has 0 bridgehead atoms. The van der Waals surface area contributed by atoms with Crippen LogP contribution in [0, 0.1) is 5.92 Å². The van der Waals surface area contributed by atoms with Crippen LogP contribution in [-0.2, 0) is 9.59 Å². The number of likely N-dealkylation sites (tertiary alicyclic amines) is 1. The molecule has 1 atom stereocenters. The van der Waals surface area contributed by atoms with Gasteiger partial charge in [0, 0.05) is 39.0 Å². The first-order valence-electron chi connectivity index (χ1n) is 7.90.